The van der Waals surface area contributed by atoms with Crippen LogP contribution in [-0.4, -0.2) is 70.0 Å². The van der Waals surface area contributed by atoms with Crippen LogP contribution in [0.25, 0.3) is 0 Å². The van der Waals surface area contributed by atoms with Gasteiger partial charge < -0.3 is 9.42 Å². The summed E-state index contributed by atoms with van der Waals surface area (Å²) < 4.78 is 5.11. The molecule has 30 heavy (non-hydrogen) atoms. The molecule has 162 valence electrons. The molecular weight excluding hydrogens is 402 g/mol. The van der Waals surface area contributed by atoms with Crippen molar-refractivity contribution in [1.29, 1.82) is 0 Å². The van der Waals surface area contributed by atoms with E-state index in [1.165, 1.54) is 17.8 Å². The van der Waals surface area contributed by atoms with Crippen molar-refractivity contribution in [2.45, 2.75) is 58.0 Å². The van der Waals surface area contributed by atoms with Gasteiger partial charge in [0, 0.05) is 49.9 Å². The molecule has 0 N–H and O–H groups in total. The number of aryl methyl sites for hydroxylation is 1. The van der Waals surface area contributed by atoms with Gasteiger partial charge in [-0.2, -0.15) is 0 Å². The van der Waals surface area contributed by atoms with Gasteiger partial charge in [-0.05, 0) is 26.7 Å². The minimum absolute atomic E-state index is 0.113. The van der Waals surface area contributed by atoms with Crippen LogP contribution in [-0.2, 0) is 4.79 Å². The second-order valence-electron chi connectivity index (χ2n) is 8.15. The number of hydrogen-bond acceptors (Lipinski definition) is 7. The highest BCUT2D eigenvalue weighted by molar-refractivity contribution is 7.13. The molecule has 4 rings (SSSR count). The molecule has 0 bridgehead atoms. The summed E-state index contributed by atoms with van der Waals surface area (Å²) in [5.41, 5.74) is 0.696. The van der Waals surface area contributed by atoms with Crippen molar-refractivity contribution in [3.8, 4) is 0 Å². The lowest BCUT2D eigenvalue weighted by atomic mass is 9.94. The number of hydrogen-bond donors (Lipinski definition) is 0. The zero-order valence-corrected chi connectivity index (χ0v) is 18.4. The smallest absolute Gasteiger partial charge is 0.292 e. The Hall–Kier alpha value is -2.26. The third-order valence-electron chi connectivity index (χ3n) is 6.15. The lowest BCUT2D eigenvalue weighted by Gasteiger charge is -2.40. The summed E-state index contributed by atoms with van der Waals surface area (Å²) in [6.07, 6.45) is 7.41. The lowest BCUT2D eigenvalue weighted by Crippen LogP contribution is -2.57. The van der Waals surface area contributed by atoms with Crippen LogP contribution < -0.4 is 4.90 Å². The Morgan fingerprint density at radius 2 is 1.93 bits per heavy atom. The Bertz CT molecular complexity index is 854. The molecule has 8 nitrogen and oxygen atoms in total. The monoisotopic (exact) mass is 431 g/mol. The minimum atomic E-state index is -0.249. The van der Waals surface area contributed by atoms with Gasteiger partial charge >= 0.3 is 0 Å². The first kappa shape index (κ1) is 21.0. The molecule has 2 aromatic heterocycles. The number of aromatic nitrogens is 2. The van der Waals surface area contributed by atoms with E-state index >= 15 is 0 Å². The fourth-order valence-corrected chi connectivity index (χ4v) is 5.11. The summed E-state index contributed by atoms with van der Waals surface area (Å²) in [4.78, 5) is 36.4. The largest absolute Gasteiger partial charge is 0.351 e. The standard InChI is InChI=1S/C21H29N5O3S/c1-15-14-18(29-23-15)20(28)25-11-9-24(10-12-25)16(2)19(27)26(21-22-8-13-30-21)17-6-4-3-5-7-17/h8,13-14,16-17H,3-7,9-12H2,1-2H3. The molecule has 1 aliphatic heterocycles. The summed E-state index contributed by atoms with van der Waals surface area (Å²) >= 11 is 1.53. The van der Waals surface area contributed by atoms with Crippen LogP contribution in [0.4, 0.5) is 5.13 Å². The predicted molar refractivity (Wildman–Crippen MR) is 115 cm³/mol. The lowest BCUT2D eigenvalue weighted by molar-refractivity contribution is -0.124. The van der Waals surface area contributed by atoms with Gasteiger partial charge in [0.2, 0.25) is 11.7 Å². The van der Waals surface area contributed by atoms with Crippen molar-refractivity contribution in [3.63, 3.8) is 0 Å². The van der Waals surface area contributed by atoms with Gasteiger partial charge in [-0.3, -0.25) is 19.4 Å². The maximum atomic E-state index is 13.5. The maximum absolute atomic E-state index is 13.5. The Labute approximate surface area is 180 Å². The molecule has 1 saturated heterocycles. The second-order valence-corrected chi connectivity index (χ2v) is 9.02. The van der Waals surface area contributed by atoms with Crippen LogP contribution in [0.2, 0.25) is 0 Å². The summed E-state index contributed by atoms with van der Waals surface area (Å²) in [5, 5.41) is 6.53. The normalized spacial score (nSPS) is 19.6. The molecule has 1 saturated carbocycles. The van der Waals surface area contributed by atoms with Gasteiger partial charge in [0.15, 0.2) is 5.13 Å². The van der Waals surface area contributed by atoms with E-state index in [1.54, 1.807) is 24.1 Å². The average molecular weight is 432 g/mol. The molecule has 2 fully saturated rings. The zero-order valence-electron chi connectivity index (χ0n) is 17.6. The van der Waals surface area contributed by atoms with E-state index in [2.05, 4.69) is 15.0 Å². The van der Waals surface area contributed by atoms with E-state index in [0.29, 0.717) is 31.9 Å². The first-order chi connectivity index (χ1) is 14.5. The van der Waals surface area contributed by atoms with E-state index in [-0.39, 0.29) is 29.7 Å². The molecule has 1 unspecified atom stereocenters. The summed E-state index contributed by atoms with van der Waals surface area (Å²) in [5.74, 6) is 0.251. The predicted octanol–water partition coefficient (Wildman–Crippen LogP) is 2.95. The number of anilines is 1. The molecule has 2 aromatic rings. The third-order valence-corrected chi connectivity index (χ3v) is 6.92. The van der Waals surface area contributed by atoms with Crippen LogP contribution in [0, 0.1) is 6.92 Å². The number of amides is 2. The maximum Gasteiger partial charge on any atom is 0.292 e. The van der Waals surface area contributed by atoms with Crippen molar-refractivity contribution < 1.29 is 14.1 Å². The number of thiazole rings is 1. The van der Waals surface area contributed by atoms with Gasteiger partial charge in [-0.1, -0.05) is 24.4 Å². The van der Waals surface area contributed by atoms with E-state index in [0.717, 1.165) is 30.8 Å². The first-order valence-electron chi connectivity index (χ1n) is 10.7. The topological polar surface area (TPSA) is 82.8 Å². The van der Waals surface area contributed by atoms with Gasteiger partial charge in [-0.15, -0.1) is 11.3 Å². The summed E-state index contributed by atoms with van der Waals surface area (Å²) in [6, 6.07) is 1.65. The number of rotatable bonds is 5. The van der Waals surface area contributed by atoms with Crippen LogP contribution in [0.3, 0.4) is 0 Å². The van der Waals surface area contributed by atoms with Crippen molar-refractivity contribution in [1.82, 2.24) is 19.9 Å². The van der Waals surface area contributed by atoms with Crippen LogP contribution >= 0.6 is 11.3 Å². The Kier molecular flexibility index (Phi) is 6.48. The molecule has 1 atom stereocenters. The molecule has 3 heterocycles. The van der Waals surface area contributed by atoms with Gasteiger partial charge in [0.25, 0.3) is 5.91 Å². The van der Waals surface area contributed by atoms with Crippen LogP contribution in [0.5, 0.6) is 0 Å². The van der Waals surface area contributed by atoms with E-state index in [1.807, 2.05) is 17.2 Å². The summed E-state index contributed by atoms with van der Waals surface area (Å²) in [7, 11) is 0. The molecule has 0 spiro atoms. The van der Waals surface area contributed by atoms with Crippen LogP contribution in [0.1, 0.15) is 55.3 Å². The van der Waals surface area contributed by atoms with E-state index < -0.39 is 0 Å². The Morgan fingerprint density at radius 3 is 2.53 bits per heavy atom. The SMILES string of the molecule is Cc1cc(C(=O)N2CCN(C(C)C(=O)N(c3nccs3)C3CCCCC3)CC2)on1. The van der Waals surface area contributed by atoms with Crippen molar-refractivity contribution in [3.05, 3.63) is 29.1 Å². The molecule has 1 aliphatic carbocycles. The molecular formula is C21H29N5O3S. The van der Waals surface area contributed by atoms with Gasteiger partial charge in [0.1, 0.15) is 0 Å². The van der Waals surface area contributed by atoms with E-state index in [9.17, 15) is 9.59 Å². The van der Waals surface area contributed by atoms with Crippen LogP contribution in [0.15, 0.2) is 22.2 Å². The number of piperazine rings is 1. The first-order valence-corrected chi connectivity index (χ1v) is 11.6. The number of carbonyl (C=O) groups is 2. The second kappa shape index (κ2) is 9.26. The van der Waals surface area contributed by atoms with Crippen molar-refractivity contribution >= 4 is 28.3 Å². The highest BCUT2D eigenvalue weighted by atomic mass is 32.1. The molecule has 9 heteroatoms. The van der Waals surface area contributed by atoms with E-state index in [4.69, 9.17) is 4.52 Å². The average Bonchev–Trinajstić information content (AvgIpc) is 3.46. The third kappa shape index (κ3) is 4.41. The van der Waals surface area contributed by atoms with Gasteiger partial charge in [0.05, 0.1) is 11.7 Å². The van der Waals surface area contributed by atoms with Crippen molar-refractivity contribution in [2.75, 3.05) is 31.1 Å². The molecule has 2 amide bonds. The Morgan fingerprint density at radius 1 is 1.20 bits per heavy atom. The fourth-order valence-electron chi connectivity index (χ4n) is 4.39. The highest BCUT2D eigenvalue weighted by Gasteiger charge is 2.35. The summed E-state index contributed by atoms with van der Waals surface area (Å²) in [6.45, 7) is 6.22. The number of carbonyl (C=O) groups excluding carboxylic acids is 2. The minimum Gasteiger partial charge on any atom is -0.351 e. The van der Waals surface area contributed by atoms with Gasteiger partial charge in [-0.25, -0.2) is 4.98 Å². The zero-order chi connectivity index (χ0) is 21.1. The number of nitrogens with zero attached hydrogens (tertiary/aromatic N) is 5. The fraction of sp³-hybridized carbons (Fsp3) is 0.619. The molecule has 0 aromatic carbocycles. The van der Waals surface area contributed by atoms with Crippen molar-refractivity contribution in [2.24, 2.45) is 0 Å². The quantitative estimate of drug-likeness (QED) is 0.724. The molecule has 0 radical (unpaired) electrons. The molecule has 2 aliphatic rings. The highest BCUT2D eigenvalue weighted by Crippen LogP contribution is 2.30. The Balaban J connectivity index is 1.40.